The zero-order chi connectivity index (χ0) is 18.8. The minimum Gasteiger partial charge on any atom is -0.456 e. The summed E-state index contributed by atoms with van der Waals surface area (Å²) in [5, 5.41) is 9.23. The molecule has 8 heteroatoms. The minimum absolute atomic E-state index is 0.0655. The molecule has 1 aromatic heterocycles. The quantitative estimate of drug-likeness (QED) is 0.654. The Labute approximate surface area is 157 Å². The Morgan fingerprint density at radius 3 is 2.93 bits per heavy atom. The molecule has 1 aliphatic heterocycles. The molecule has 1 fully saturated rings. The highest BCUT2D eigenvalue weighted by molar-refractivity contribution is 6.02. The summed E-state index contributed by atoms with van der Waals surface area (Å²) in [6, 6.07) is 8.04. The molecule has 8 nitrogen and oxygen atoms in total. The maximum Gasteiger partial charge on any atom is 0.263 e. The Hall–Kier alpha value is -2.87. The van der Waals surface area contributed by atoms with Crippen molar-refractivity contribution in [2.75, 3.05) is 17.4 Å². The number of aromatic nitrogens is 2. The lowest BCUT2D eigenvalue weighted by molar-refractivity contribution is 0.0879. The van der Waals surface area contributed by atoms with E-state index >= 15 is 0 Å². The summed E-state index contributed by atoms with van der Waals surface area (Å²) >= 11 is 0. The highest BCUT2D eigenvalue weighted by Gasteiger charge is 2.28. The molecule has 1 amide bonds. The van der Waals surface area contributed by atoms with Crippen LogP contribution in [0.3, 0.4) is 0 Å². The SMILES string of the molecule is Cc1cccc(Nc2nc(NC3CCCCC3N)nc3c2C(=O)NCO3)c1. The smallest absolute Gasteiger partial charge is 0.263 e. The number of nitrogens with one attached hydrogen (secondary N) is 3. The van der Waals surface area contributed by atoms with Crippen molar-refractivity contribution in [3.8, 4) is 5.88 Å². The van der Waals surface area contributed by atoms with Crippen molar-refractivity contribution >= 4 is 23.4 Å². The summed E-state index contributed by atoms with van der Waals surface area (Å²) in [4.78, 5) is 21.3. The van der Waals surface area contributed by atoms with Crippen LogP contribution in [0.25, 0.3) is 0 Å². The molecule has 1 aromatic carbocycles. The van der Waals surface area contributed by atoms with Crippen LogP contribution in [0.5, 0.6) is 5.88 Å². The van der Waals surface area contributed by atoms with Crippen molar-refractivity contribution in [2.45, 2.75) is 44.7 Å². The molecule has 1 aliphatic carbocycles. The van der Waals surface area contributed by atoms with Crippen molar-refractivity contribution in [1.82, 2.24) is 15.3 Å². The molecule has 0 bridgehead atoms. The Balaban J connectivity index is 1.68. The standard InChI is InChI=1S/C19H24N6O2/c1-11-5-4-6-12(9-11)22-16-15-17(26)21-10-27-18(15)25-19(24-16)23-14-8-3-2-7-13(14)20/h4-6,9,13-14H,2-3,7-8,10,20H2,1H3,(H,21,26)(H2,22,23,24,25). The van der Waals surface area contributed by atoms with Crippen molar-refractivity contribution in [3.63, 3.8) is 0 Å². The van der Waals surface area contributed by atoms with Gasteiger partial charge in [-0.1, -0.05) is 25.0 Å². The van der Waals surface area contributed by atoms with Gasteiger partial charge >= 0.3 is 0 Å². The van der Waals surface area contributed by atoms with Gasteiger partial charge < -0.3 is 26.4 Å². The number of hydrogen-bond acceptors (Lipinski definition) is 7. The van der Waals surface area contributed by atoms with Crippen LogP contribution in [0.2, 0.25) is 0 Å². The molecular weight excluding hydrogens is 344 g/mol. The first-order chi connectivity index (χ1) is 13.1. The maximum atomic E-state index is 12.4. The van der Waals surface area contributed by atoms with E-state index in [0.29, 0.717) is 17.3 Å². The summed E-state index contributed by atoms with van der Waals surface area (Å²) in [7, 11) is 0. The van der Waals surface area contributed by atoms with Gasteiger partial charge in [-0.05, 0) is 37.5 Å². The van der Waals surface area contributed by atoms with Crippen molar-refractivity contribution in [2.24, 2.45) is 5.73 Å². The lowest BCUT2D eigenvalue weighted by Gasteiger charge is -2.30. The van der Waals surface area contributed by atoms with E-state index in [9.17, 15) is 4.79 Å². The van der Waals surface area contributed by atoms with Crippen LogP contribution in [0, 0.1) is 6.92 Å². The second-order valence-electron chi connectivity index (χ2n) is 7.06. The number of carbonyl (C=O) groups excluding carboxylic acids is 1. The average Bonchev–Trinajstić information content (AvgIpc) is 2.64. The number of amides is 1. The van der Waals surface area contributed by atoms with E-state index in [-0.39, 0.29) is 30.6 Å². The Morgan fingerprint density at radius 2 is 2.11 bits per heavy atom. The number of nitrogens with zero attached hydrogens (tertiary/aromatic N) is 2. The van der Waals surface area contributed by atoms with Gasteiger partial charge in [0.05, 0.1) is 0 Å². The van der Waals surface area contributed by atoms with E-state index in [1.54, 1.807) is 0 Å². The lowest BCUT2D eigenvalue weighted by Crippen LogP contribution is -2.43. The van der Waals surface area contributed by atoms with Crippen LogP contribution in [0.4, 0.5) is 17.5 Å². The van der Waals surface area contributed by atoms with Crippen LogP contribution >= 0.6 is 0 Å². The first kappa shape index (κ1) is 17.5. The number of hydrogen-bond donors (Lipinski definition) is 4. The van der Waals surface area contributed by atoms with Gasteiger partial charge in [-0.15, -0.1) is 0 Å². The summed E-state index contributed by atoms with van der Waals surface area (Å²) in [5.41, 5.74) is 8.49. The predicted octanol–water partition coefficient (Wildman–Crippen LogP) is 2.29. The monoisotopic (exact) mass is 368 g/mol. The van der Waals surface area contributed by atoms with Crippen molar-refractivity contribution in [3.05, 3.63) is 35.4 Å². The number of fused-ring (bicyclic) bond motifs is 1. The topological polar surface area (TPSA) is 114 Å². The van der Waals surface area contributed by atoms with Crippen LogP contribution in [-0.2, 0) is 0 Å². The third-order valence-corrected chi connectivity index (χ3v) is 4.96. The zero-order valence-corrected chi connectivity index (χ0v) is 15.3. The number of ether oxygens (including phenoxy) is 1. The third kappa shape index (κ3) is 3.80. The van der Waals surface area contributed by atoms with Gasteiger partial charge in [0.1, 0.15) is 5.56 Å². The fourth-order valence-electron chi connectivity index (χ4n) is 3.53. The van der Waals surface area contributed by atoms with E-state index in [0.717, 1.165) is 36.9 Å². The van der Waals surface area contributed by atoms with E-state index < -0.39 is 0 Å². The normalized spacial score (nSPS) is 21.6. The highest BCUT2D eigenvalue weighted by atomic mass is 16.5. The largest absolute Gasteiger partial charge is 0.456 e. The summed E-state index contributed by atoms with van der Waals surface area (Å²) in [5.74, 6) is 0.846. The zero-order valence-electron chi connectivity index (χ0n) is 15.3. The van der Waals surface area contributed by atoms with Crippen molar-refractivity contribution < 1.29 is 9.53 Å². The Morgan fingerprint density at radius 1 is 1.26 bits per heavy atom. The molecule has 2 heterocycles. The molecule has 5 N–H and O–H groups in total. The van der Waals surface area contributed by atoms with Gasteiger partial charge in [-0.3, -0.25) is 4.79 Å². The summed E-state index contributed by atoms with van der Waals surface area (Å²) in [6.07, 6.45) is 4.23. The van der Waals surface area contributed by atoms with Crippen LogP contribution in [0.15, 0.2) is 24.3 Å². The first-order valence-corrected chi connectivity index (χ1v) is 9.29. The lowest BCUT2D eigenvalue weighted by atomic mass is 9.91. The molecule has 4 rings (SSSR count). The Kier molecular flexibility index (Phi) is 4.81. The minimum atomic E-state index is -0.257. The average molecular weight is 368 g/mol. The van der Waals surface area contributed by atoms with Gasteiger partial charge in [0, 0.05) is 17.8 Å². The number of carbonyl (C=O) groups is 1. The van der Waals surface area contributed by atoms with E-state index in [1.807, 2.05) is 31.2 Å². The first-order valence-electron chi connectivity index (χ1n) is 9.29. The number of anilines is 3. The molecule has 1 saturated carbocycles. The van der Waals surface area contributed by atoms with Gasteiger partial charge in [-0.25, -0.2) is 0 Å². The van der Waals surface area contributed by atoms with Gasteiger partial charge in [0.15, 0.2) is 12.5 Å². The maximum absolute atomic E-state index is 12.4. The molecule has 142 valence electrons. The summed E-state index contributed by atoms with van der Waals surface area (Å²) < 4.78 is 5.56. The Bertz CT molecular complexity index is 856. The second kappa shape index (κ2) is 7.40. The third-order valence-electron chi connectivity index (χ3n) is 4.96. The predicted molar refractivity (Wildman–Crippen MR) is 103 cm³/mol. The van der Waals surface area contributed by atoms with Crippen LogP contribution in [0.1, 0.15) is 41.6 Å². The molecule has 2 aromatic rings. The number of aryl methyl sites for hydroxylation is 1. The highest BCUT2D eigenvalue weighted by Crippen LogP contribution is 2.30. The van der Waals surface area contributed by atoms with E-state index in [4.69, 9.17) is 10.5 Å². The molecule has 27 heavy (non-hydrogen) atoms. The second-order valence-corrected chi connectivity index (χ2v) is 7.06. The van der Waals surface area contributed by atoms with Gasteiger partial charge in [0.2, 0.25) is 11.8 Å². The molecule has 2 aliphatic rings. The van der Waals surface area contributed by atoms with E-state index in [2.05, 4.69) is 25.9 Å². The number of rotatable bonds is 4. The van der Waals surface area contributed by atoms with Gasteiger partial charge in [0.25, 0.3) is 5.91 Å². The molecule has 0 radical (unpaired) electrons. The fourth-order valence-corrected chi connectivity index (χ4v) is 3.53. The van der Waals surface area contributed by atoms with Crippen molar-refractivity contribution in [1.29, 1.82) is 0 Å². The molecule has 2 atom stereocenters. The molecule has 2 unspecified atom stereocenters. The summed E-state index contributed by atoms with van der Waals surface area (Å²) in [6.45, 7) is 2.10. The van der Waals surface area contributed by atoms with E-state index in [1.165, 1.54) is 0 Å². The fraction of sp³-hybridized carbons (Fsp3) is 0.421. The van der Waals surface area contributed by atoms with Gasteiger partial charge in [-0.2, -0.15) is 9.97 Å². The molecular formula is C19H24N6O2. The molecule has 0 saturated heterocycles. The molecule has 0 spiro atoms. The number of benzene rings is 1. The van der Waals surface area contributed by atoms with Crippen LogP contribution < -0.4 is 26.4 Å². The number of nitrogens with two attached hydrogens (primary N) is 1. The van der Waals surface area contributed by atoms with Crippen LogP contribution in [-0.4, -0.2) is 34.7 Å².